The van der Waals surface area contributed by atoms with Crippen molar-refractivity contribution in [2.24, 2.45) is 11.8 Å². The average molecular weight is 220 g/mol. The van der Waals surface area contributed by atoms with Gasteiger partial charge in [0.2, 0.25) is 0 Å². The summed E-state index contributed by atoms with van der Waals surface area (Å²) in [5.74, 6) is 1.45. The van der Waals surface area contributed by atoms with Crippen molar-refractivity contribution in [1.82, 2.24) is 10.6 Å². The molecule has 2 atom stereocenters. The Hall–Kier alpha value is -0.930. The van der Waals surface area contributed by atoms with Crippen molar-refractivity contribution in [1.29, 1.82) is 0 Å². The zero-order valence-corrected chi connectivity index (χ0v) is 9.25. The van der Waals surface area contributed by atoms with Crippen LogP contribution in [0, 0.1) is 17.7 Å². The Morgan fingerprint density at radius 3 is 2.50 bits per heavy atom. The van der Waals surface area contributed by atoms with Crippen molar-refractivity contribution >= 4 is 0 Å². The summed E-state index contributed by atoms with van der Waals surface area (Å²) in [6.07, 6.45) is 1.37. The molecule has 2 N–H and O–H groups in total. The average Bonchev–Trinajstić information content (AvgIpc) is 2.32. The normalized spacial score (nSPS) is 32.2. The first-order valence-corrected chi connectivity index (χ1v) is 6.01. The zero-order valence-electron chi connectivity index (χ0n) is 9.25. The molecule has 3 heteroatoms. The molecular formula is C13H17FN2. The third kappa shape index (κ3) is 1.85. The van der Waals surface area contributed by atoms with Crippen LogP contribution in [-0.2, 0) is 6.54 Å². The van der Waals surface area contributed by atoms with Gasteiger partial charge in [0.05, 0.1) is 0 Å². The van der Waals surface area contributed by atoms with Crippen LogP contribution in [-0.4, -0.2) is 19.1 Å². The van der Waals surface area contributed by atoms with Gasteiger partial charge in [-0.05, 0) is 49.0 Å². The second kappa shape index (κ2) is 4.15. The molecule has 2 fully saturated rings. The van der Waals surface area contributed by atoms with Crippen LogP contribution < -0.4 is 10.6 Å². The number of hydrogen-bond donors (Lipinski definition) is 2. The second-order valence-electron chi connectivity index (χ2n) is 4.95. The summed E-state index contributed by atoms with van der Waals surface area (Å²) in [6.45, 7) is 3.16. The lowest BCUT2D eigenvalue weighted by Crippen LogP contribution is -2.62. The zero-order chi connectivity index (χ0) is 11.0. The van der Waals surface area contributed by atoms with Gasteiger partial charge in [-0.25, -0.2) is 4.39 Å². The molecule has 1 aliphatic carbocycles. The van der Waals surface area contributed by atoms with Gasteiger partial charge in [-0.1, -0.05) is 12.1 Å². The molecule has 0 radical (unpaired) electrons. The first-order valence-electron chi connectivity index (χ1n) is 6.01. The first-order chi connectivity index (χ1) is 7.83. The molecular weight excluding hydrogens is 203 g/mol. The lowest BCUT2D eigenvalue weighted by Gasteiger charge is -2.50. The molecule has 3 rings (SSSR count). The predicted octanol–water partition coefficient (Wildman–Crippen LogP) is 1.52. The van der Waals surface area contributed by atoms with Crippen LogP contribution >= 0.6 is 0 Å². The van der Waals surface area contributed by atoms with Gasteiger partial charge in [0.1, 0.15) is 5.82 Å². The largest absolute Gasteiger partial charge is 0.316 e. The summed E-state index contributed by atoms with van der Waals surface area (Å²) in [6, 6.07) is 7.44. The van der Waals surface area contributed by atoms with E-state index in [-0.39, 0.29) is 5.82 Å². The lowest BCUT2D eigenvalue weighted by atomic mass is 9.67. The number of piperidine rings is 2. The highest BCUT2D eigenvalue weighted by molar-refractivity contribution is 5.16. The van der Waals surface area contributed by atoms with Gasteiger partial charge >= 0.3 is 0 Å². The SMILES string of the molecule is Fc1ccc(CNC2C3CNCC2C3)cc1. The number of hydrogen-bond acceptors (Lipinski definition) is 2. The minimum atomic E-state index is -0.159. The molecule has 1 saturated heterocycles. The topological polar surface area (TPSA) is 24.1 Å². The first kappa shape index (κ1) is 10.2. The van der Waals surface area contributed by atoms with E-state index in [0.29, 0.717) is 6.04 Å². The molecule has 0 amide bonds. The van der Waals surface area contributed by atoms with E-state index in [1.807, 2.05) is 12.1 Å². The maximum absolute atomic E-state index is 12.7. The Morgan fingerprint density at radius 1 is 1.19 bits per heavy atom. The fourth-order valence-electron chi connectivity index (χ4n) is 2.92. The van der Waals surface area contributed by atoms with Crippen molar-refractivity contribution in [3.63, 3.8) is 0 Å². The Balaban J connectivity index is 1.55. The summed E-state index contributed by atoms with van der Waals surface area (Å²) in [4.78, 5) is 0. The fraction of sp³-hybridized carbons (Fsp3) is 0.538. The van der Waals surface area contributed by atoms with Crippen LogP contribution in [0.3, 0.4) is 0 Å². The molecule has 1 aromatic rings. The maximum atomic E-state index is 12.7. The molecule has 1 heterocycles. The van der Waals surface area contributed by atoms with Gasteiger partial charge in [-0.3, -0.25) is 0 Å². The number of fused-ring (bicyclic) bond motifs is 2. The van der Waals surface area contributed by atoms with Crippen molar-refractivity contribution in [2.45, 2.75) is 19.0 Å². The van der Waals surface area contributed by atoms with Gasteiger partial charge in [0.15, 0.2) is 0 Å². The summed E-state index contributed by atoms with van der Waals surface area (Å²) in [5, 5.41) is 7.02. The van der Waals surface area contributed by atoms with E-state index in [1.165, 1.54) is 24.1 Å². The monoisotopic (exact) mass is 220 g/mol. The summed E-state index contributed by atoms with van der Waals surface area (Å²) < 4.78 is 12.7. The Kier molecular flexibility index (Phi) is 2.65. The van der Waals surface area contributed by atoms with Gasteiger partial charge in [0.25, 0.3) is 0 Å². The lowest BCUT2D eigenvalue weighted by molar-refractivity contribution is 0.0657. The van der Waals surface area contributed by atoms with Gasteiger partial charge in [-0.15, -0.1) is 0 Å². The van der Waals surface area contributed by atoms with Gasteiger partial charge in [-0.2, -0.15) is 0 Å². The molecule has 16 heavy (non-hydrogen) atoms. The number of benzene rings is 1. The molecule has 2 unspecified atom stereocenters. The van der Waals surface area contributed by atoms with Crippen molar-refractivity contribution < 1.29 is 4.39 Å². The maximum Gasteiger partial charge on any atom is 0.123 e. The molecule has 0 aromatic heterocycles. The van der Waals surface area contributed by atoms with Gasteiger partial charge < -0.3 is 10.6 Å². The molecule has 2 aliphatic rings. The summed E-state index contributed by atoms with van der Waals surface area (Å²) >= 11 is 0. The van der Waals surface area contributed by atoms with E-state index in [2.05, 4.69) is 10.6 Å². The number of halogens is 1. The van der Waals surface area contributed by atoms with E-state index >= 15 is 0 Å². The molecule has 86 valence electrons. The highest BCUT2D eigenvalue weighted by atomic mass is 19.1. The van der Waals surface area contributed by atoms with E-state index in [1.54, 1.807) is 0 Å². The minimum absolute atomic E-state index is 0.159. The number of rotatable bonds is 3. The van der Waals surface area contributed by atoms with Crippen LogP contribution in [0.25, 0.3) is 0 Å². The van der Waals surface area contributed by atoms with Crippen LogP contribution in [0.5, 0.6) is 0 Å². The van der Waals surface area contributed by atoms with Crippen molar-refractivity contribution in [2.75, 3.05) is 13.1 Å². The molecule has 1 aromatic carbocycles. The summed E-state index contributed by atoms with van der Waals surface area (Å²) in [7, 11) is 0. The fourth-order valence-corrected chi connectivity index (χ4v) is 2.92. The minimum Gasteiger partial charge on any atom is -0.316 e. The third-order valence-electron chi connectivity index (χ3n) is 3.89. The highest BCUT2D eigenvalue weighted by Gasteiger charge is 2.42. The molecule has 0 spiro atoms. The highest BCUT2D eigenvalue weighted by Crippen LogP contribution is 2.36. The second-order valence-corrected chi connectivity index (χ2v) is 4.95. The molecule has 1 saturated carbocycles. The molecule has 2 bridgehead atoms. The van der Waals surface area contributed by atoms with Crippen molar-refractivity contribution in [3.05, 3.63) is 35.6 Å². The Morgan fingerprint density at radius 2 is 1.88 bits per heavy atom. The summed E-state index contributed by atoms with van der Waals surface area (Å²) in [5.41, 5.74) is 1.17. The van der Waals surface area contributed by atoms with Crippen molar-refractivity contribution in [3.8, 4) is 0 Å². The number of nitrogens with one attached hydrogen (secondary N) is 2. The van der Waals surface area contributed by atoms with E-state index in [0.717, 1.165) is 31.5 Å². The standard InChI is InChI=1S/C13H17FN2/c14-12-3-1-9(2-4-12)6-16-13-10-5-11(13)8-15-7-10/h1-4,10-11,13,15-16H,5-8H2. The third-order valence-corrected chi connectivity index (χ3v) is 3.89. The quantitative estimate of drug-likeness (QED) is 0.807. The van der Waals surface area contributed by atoms with E-state index < -0.39 is 0 Å². The predicted molar refractivity (Wildman–Crippen MR) is 61.5 cm³/mol. The van der Waals surface area contributed by atoms with Crippen LogP contribution in [0.2, 0.25) is 0 Å². The van der Waals surface area contributed by atoms with Crippen LogP contribution in [0.15, 0.2) is 24.3 Å². The van der Waals surface area contributed by atoms with Gasteiger partial charge in [0, 0.05) is 12.6 Å². The van der Waals surface area contributed by atoms with Crippen LogP contribution in [0.1, 0.15) is 12.0 Å². The Bertz CT molecular complexity index is 349. The van der Waals surface area contributed by atoms with E-state index in [9.17, 15) is 4.39 Å². The molecule has 2 nitrogen and oxygen atoms in total. The van der Waals surface area contributed by atoms with Crippen LogP contribution in [0.4, 0.5) is 4.39 Å². The van der Waals surface area contributed by atoms with E-state index in [4.69, 9.17) is 0 Å². The molecule has 1 aliphatic heterocycles. The Labute approximate surface area is 95.2 Å². The smallest absolute Gasteiger partial charge is 0.123 e.